The summed E-state index contributed by atoms with van der Waals surface area (Å²) < 4.78 is 0. The quantitative estimate of drug-likeness (QED) is 0.809. The molecule has 2 rings (SSSR count). The Kier molecular flexibility index (Phi) is 3.37. The Morgan fingerprint density at radius 1 is 1.44 bits per heavy atom. The SMILES string of the molecule is N#Cc1ccc(C2=NC(CCS)=CC2)nc1. The van der Waals surface area contributed by atoms with Crippen LogP contribution in [0, 0.1) is 11.3 Å². The van der Waals surface area contributed by atoms with Gasteiger partial charge in [-0.3, -0.25) is 9.98 Å². The zero-order valence-corrected chi connectivity index (χ0v) is 9.61. The zero-order chi connectivity index (χ0) is 11.4. The summed E-state index contributed by atoms with van der Waals surface area (Å²) in [6.45, 7) is 0. The van der Waals surface area contributed by atoms with Crippen LogP contribution in [0.4, 0.5) is 0 Å². The molecule has 0 unspecified atom stereocenters. The summed E-state index contributed by atoms with van der Waals surface area (Å²) in [5.74, 6) is 0.809. The molecule has 0 N–H and O–H groups in total. The van der Waals surface area contributed by atoms with Gasteiger partial charge >= 0.3 is 0 Å². The normalized spacial score (nSPS) is 14.2. The first-order valence-electron chi connectivity index (χ1n) is 5.07. The highest BCUT2D eigenvalue weighted by molar-refractivity contribution is 7.80. The van der Waals surface area contributed by atoms with E-state index in [0.717, 1.165) is 35.7 Å². The lowest BCUT2D eigenvalue weighted by molar-refractivity contribution is 1.09. The van der Waals surface area contributed by atoms with Crippen molar-refractivity contribution in [2.24, 2.45) is 4.99 Å². The highest BCUT2D eigenvalue weighted by Crippen LogP contribution is 2.18. The molecule has 0 fully saturated rings. The fraction of sp³-hybridized carbons (Fsp3) is 0.250. The van der Waals surface area contributed by atoms with Crippen LogP contribution in [0.1, 0.15) is 24.1 Å². The predicted octanol–water partition coefficient (Wildman–Crippen LogP) is 2.35. The van der Waals surface area contributed by atoms with Crippen molar-refractivity contribution in [1.82, 2.24) is 4.98 Å². The number of nitriles is 1. The molecule has 0 radical (unpaired) electrons. The van der Waals surface area contributed by atoms with Crippen LogP contribution in [0.3, 0.4) is 0 Å². The van der Waals surface area contributed by atoms with Crippen LogP contribution in [0.5, 0.6) is 0 Å². The van der Waals surface area contributed by atoms with Gasteiger partial charge in [0.1, 0.15) is 6.07 Å². The predicted molar refractivity (Wildman–Crippen MR) is 66.7 cm³/mol. The van der Waals surface area contributed by atoms with Crippen molar-refractivity contribution in [3.63, 3.8) is 0 Å². The average Bonchev–Trinajstić information content (AvgIpc) is 2.78. The molecule has 0 amide bonds. The van der Waals surface area contributed by atoms with Crippen LogP contribution >= 0.6 is 12.6 Å². The fourth-order valence-electron chi connectivity index (χ4n) is 1.54. The van der Waals surface area contributed by atoms with Crippen molar-refractivity contribution in [3.8, 4) is 6.07 Å². The summed E-state index contributed by atoms with van der Waals surface area (Å²) in [4.78, 5) is 8.71. The number of hydrogen-bond acceptors (Lipinski definition) is 4. The number of aliphatic imine (C=N–C) groups is 1. The summed E-state index contributed by atoms with van der Waals surface area (Å²) in [7, 11) is 0. The van der Waals surface area contributed by atoms with Crippen LogP contribution in [0.25, 0.3) is 0 Å². The molecule has 0 spiro atoms. The van der Waals surface area contributed by atoms with Gasteiger partial charge in [0.15, 0.2) is 0 Å². The van der Waals surface area contributed by atoms with Crippen molar-refractivity contribution < 1.29 is 0 Å². The smallest absolute Gasteiger partial charge is 0.101 e. The van der Waals surface area contributed by atoms with E-state index >= 15 is 0 Å². The Hall–Kier alpha value is -1.60. The number of pyridine rings is 1. The van der Waals surface area contributed by atoms with Crippen molar-refractivity contribution in [1.29, 1.82) is 5.26 Å². The molecule has 2 heterocycles. The molecular weight excluding hydrogens is 218 g/mol. The van der Waals surface area contributed by atoms with E-state index in [1.54, 1.807) is 12.3 Å². The van der Waals surface area contributed by atoms with E-state index in [1.165, 1.54) is 0 Å². The van der Waals surface area contributed by atoms with E-state index in [0.29, 0.717) is 5.56 Å². The van der Waals surface area contributed by atoms with Crippen molar-refractivity contribution in [2.75, 3.05) is 5.75 Å². The first-order valence-corrected chi connectivity index (χ1v) is 5.70. The van der Waals surface area contributed by atoms with E-state index in [-0.39, 0.29) is 0 Å². The maximum atomic E-state index is 8.67. The minimum atomic E-state index is 0.575. The van der Waals surface area contributed by atoms with Crippen molar-refractivity contribution in [3.05, 3.63) is 41.4 Å². The third-order valence-corrected chi connectivity index (χ3v) is 2.59. The van der Waals surface area contributed by atoms with Gasteiger partial charge in [0.2, 0.25) is 0 Å². The number of nitrogens with zero attached hydrogens (tertiary/aromatic N) is 3. The van der Waals surface area contributed by atoms with Gasteiger partial charge < -0.3 is 0 Å². The molecule has 1 aliphatic heterocycles. The van der Waals surface area contributed by atoms with E-state index in [4.69, 9.17) is 5.26 Å². The highest BCUT2D eigenvalue weighted by atomic mass is 32.1. The third-order valence-electron chi connectivity index (χ3n) is 2.37. The van der Waals surface area contributed by atoms with Crippen LogP contribution in [-0.2, 0) is 0 Å². The Morgan fingerprint density at radius 2 is 2.31 bits per heavy atom. The summed E-state index contributed by atoms with van der Waals surface area (Å²) >= 11 is 4.18. The third kappa shape index (κ3) is 2.31. The fourth-order valence-corrected chi connectivity index (χ4v) is 1.77. The molecule has 0 saturated carbocycles. The largest absolute Gasteiger partial charge is 0.256 e. The van der Waals surface area contributed by atoms with Crippen LogP contribution in [0.15, 0.2) is 35.1 Å². The molecule has 80 valence electrons. The second-order valence-electron chi connectivity index (χ2n) is 3.48. The lowest BCUT2D eigenvalue weighted by Crippen LogP contribution is -1.99. The van der Waals surface area contributed by atoms with E-state index in [9.17, 15) is 0 Å². The highest BCUT2D eigenvalue weighted by Gasteiger charge is 2.11. The number of hydrogen-bond donors (Lipinski definition) is 1. The Labute approximate surface area is 100.0 Å². The Bertz CT molecular complexity index is 480. The number of rotatable bonds is 3. The molecule has 4 heteroatoms. The van der Waals surface area contributed by atoms with Crippen molar-refractivity contribution in [2.45, 2.75) is 12.8 Å². The van der Waals surface area contributed by atoms with E-state index < -0.39 is 0 Å². The minimum Gasteiger partial charge on any atom is -0.256 e. The van der Waals surface area contributed by atoms with E-state index in [2.05, 4.69) is 28.7 Å². The van der Waals surface area contributed by atoms with Crippen LogP contribution < -0.4 is 0 Å². The second-order valence-corrected chi connectivity index (χ2v) is 3.92. The molecule has 3 nitrogen and oxygen atoms in total. The first-order chi connectivity index (χ1) is 7.83. The standard InChI is InChI=1S/C12H11N3S/c13-7-9-1-3-11(14-8-9)12-4-2-10(15-12)5-6-16/h1-3,8,16H,4-6H2. The summed E-state index contributed by atoms with van der Waals surface area (Å²) in [6, 6.07) is 5.66. The van der Waals surface area contributed by atoms with Crippen LogP contribution in [0.2, 0.25) is 0 Å². The van der Waals surface area contributed by atoms with Gasteiger partial charge in [-0.2, -0.15) is 17.9 Å². The van der Waals surface area contributed by atoms with Gasteiger partial charge in [0.25, 0.3) is 0 Å². The molecule has 1 aromatic rings. The maximum Gasteiger partial charge on any atom is 0.101 e. The van der Waals surface area contributed by atoms with Gasteiger partial charge in [-0.25, -0.2) is 0 Å². The minimum absolute atomic E-state index is 0.575. The molecular formula is C12H11N3S. The summed E-state index contributed by atoms with van der Waals surface area (Å²) in [5, 5.41) is 8.67. The molecule has 0 atom stereocenters. The number of aromatic nitrogens is 1. The van der Waals surface area contributed by atoms with Gasteiger partial charge in [-0.15, -0.1) is 0 Å². The average molecular weight is 229 g/mol. The molecule has 1 aromatic heterocycles. The summed E-state index contributed by atoms with van der Waals surface area (Å²) in [6.07, 6.45) is 5.39. The second kappa shape index (κ2) is 4.95. The van der Waals surface area contributed by atoms with Crippen molar-refractivity contribution >= 4 is 18.3 Å². The first kappa shape index (κ1) is 10.9. The monoisotopic (exact) mass is 229 g/mol. The lowest BCUT2D eigenvalue weighted by atomic mass is 10.2. The number of thiol groups is 1. The summed E-state index contributed by atoms with van der Waals surface area (Å²) in [5.41, 5.74) is 3.48. The molecule has 0 aromatic carbocycles. The van der Waals surface area contributed by atoms with Gasteiger partial charge in [0.05, 0.1) is 17.0 Å². The Balaban J connectivity index is 2.15. The van der Waals surface area contributed by atoms with Crippen LogP contribution in [-0.4, -0.2) is 16.4 Å². The number of allylic oxidation sites excluding steroid dienone is 2. The molecule has 0 bridgehead atoms. The van der Waals surface area contributed by atoms with Gasteiger partial charge in [0, 0.05) is 18.3 Å². The van der Waals surface area contributed by atoms with Gasteiger partial charge in [-0.1, -0.05) is 6.08 Å². The molecule has 16 heavy (non-hydrogen) atoms. The zero-order valence-electron chi connectivity index (χ0n) is 8.72. The lowest BCUT2D eigenvalue weighted by Gasteiger charge is -1.98. The molecule has 0 aliphatic carbocycles. The maximum absolute atomic E-state index is 8.67. The van der Waals surface area contributed by atoms with E-state index in [1.807, 2.05) is 12.1 Å². The Morgan fingerprint density at radius 3 is 2.94 bits per heavy atom. The van der Waals surface area contributed by atoms with Gasteiger partial charge in [-0.05, 0) is 24.3 Å². The molecule has 0 saturated heterocycles. The molecule has 1 aliphatic rings. The topological polar surface area (TPSA) is 49.0 Å².